The number of benzene rings is 2. The fourth-order valence-electron chi connectivity index (χ4n) is 2.83. The second kappa shape index (κ2) is 8.93. The summed E-state index contributed by atoms with van der Waals surface area (Å²) in [5.74, 6) is 1.94. The minimum absolute atomic E-state index is 0.0486. The number of ether oxygens (including phenoxy) is 4. The number of allylic oxidation sites excluding steroid dienone is 1. The molecule has 2 aromatic rings. The third-order valence-corrected chi connectivity index (χ3v) is 4.02. The molecule has 0 bridgehead atoms. The maximum Gasteiger partial charge on any atom is 0.310 e. The zero-order valence-electron chi connectivity index (χ0n) is 16.1. The lowest BCUT2D eigenvalue weighted by Crippen LogP contribution is -1.97. The summed E-state index contributed by atoms with van der Waals surface area (Å²) in [6.07, 6.45) is 2.61. The van der Waals surface area contributed by atoms with E-state index in [-0.39, 0.29) is 11.4 Å². The van der Waals surface area contributed by atoms with Crippen molar-refractivity contribution < 1.29 is 23.9 Å². The first kappa shape index (κ1) is 20.1. The first-order valence-corrected chi connectivity index (χ1v) is 8.22. The van der Waals surface area contributed by atoms with E-state index in [1.165, 1.54) is 13.2 Å². The summed E-state index contributed by atoms with van der Waals surface area (Å²) in [7, 11) is 6.12. The zero-order valence-corrected chi connectivity index (χ0v) is 16.1. The number of hydrogen-bond donors (Lipinski definition) is 0. The molecule has 0 aliphatic heterocycles. The lowest BCUT2D eigenvalue weighted by atomic mass is 10.0. The van der Waals surface area contributed by atoms with Crippen LogP contribution in [-0.4, -0.2) is 33.4 Å². The van der Waals surface area contributed by atoms with Crippen molar-refractivity contribution in [3.8, 4) is 23.0 Å². The van der Waals surface area contributed by atoms with Crippen LogP contribution in [-0.2, 0) is 6.42 Å². The van der Waals surface area contributed by atoms with Gasteiger partial charge in [-0.15, -0.1) is 0 Å². The Balaban J connectivity index is 2.31. The molecule has 0 aliphatic rings. The average molecular weight is 373 g/mol. The van der Waals surface area contributed by atoms with Crippen molar-refractivity contribution in [3.05, 3.63) is 57.1 Å². The molecule has 0 atom stereocenters. The van der Waals surface area contributed by atoms with E-state index in [1.54, 1.807) is 33.5 Å². The molecule has 0 radical (unpaired) electrons. The van der Waals surface area contributed by atoms with E-state index in [0.29, 0.717) is 23.7 Å². The smallest absolute Gasteiger partial charge is 0.310 e. The van der Waals surface area contributed by atoms with Gasteiger partial charge in [-0.05, 0) is 42.7 Å². The minimum atomic E-state index is -0.457. The third-order valence-electron chi connectivity index (χ3n) is 4.02. The molecule has 2 aromatic carbocycles. The zero-order chi connectivity index (χ0) is 20.0. The Morgan fingerprint density at radius 2 is 1.56 bits per heavy atom. The molecule has 7 heteroatoms. The van der Waals surface area contributed by atoms with Gasteiger partial charge in [0.1, 0.15) is 0 Å². The van der Waals surface area contributed by atoms with Crippen molar-refractivity contribution >= 4 is 11.8 Å². The lowest BCUT2D eigenvalue weighted by molar-refractivity contribution is -0.385. The Hall–Kier alpha value is -3.22. The molecular weight excluding hydrogens is 350 g/mol. The van der Waals surface area contributed by atoms with E-state index in [9.17, 15) is 10.1 Å². The van der Waals surface area contributed by atoms with Gasteiger partial charge in [0.2, 0.25) is 5.75 Å². The van der Waals surface area contributed by atoms with Gasteiger partial charge in [-0.3, -0.25) is 10.1 Å². The molecule has 7 nitrogen and oxygen atoms in total. The summed E-state index contributed by atoms with van der Waals surface area (Å²) in [6, 6.07) is 8.60. The summed E-state index contributed by atoms with van der Waals surface area (Å²) in [5.41, 5.74) is 2.82. The SMILES string of the molecule is COc1cc(C/C(C)=C/c2cc(OC)c(OC)c(OC)c2)ccc1[N+](=O)[O-]. The molecule has 0 N–H and O–H groups in total. The van der Waals surface area contributed by atoms with Gasteiger partial charge in [0.05, 0.1) is 33.4 Å². The molecular formula is C20H23NO6. The van der Waals surface area contributed by atoms with Crippen LogP contribution in [0.1, 0.15) is 18.1 Å². The molecule has 0 fully saturated rings. The Morgan fingerprint density at radius 3 is 2.04 bits per heavy atom. The van der Waals surface area contributed by atoms with Crippen molar-refractivity contribution in [2.24, 2.45) is 0 Å². The van der Waals surface area contributed by atoms with Crippen molar-refractivity contribution in [2.45, 2.75) is 13.3 Å². The molecule has 0 unspecified atom stereocenters. The summed E-state index contributed by atoms with van der Waals surface area (Å²) in [6.45, 7) is 1.98. The summed E-state index contributed by atoms with van der Waals surface area (Å²) >= 11 is 0. The Kier molecular flexibility index (Phi) is 6.65. The van der Waals surface area contributed by atoms with Gasteiger partial charge in [0.15, 0.2) is 17.2 Å². The fourth-order valence-corrected chi connectivity index (χ4v) is 2.83. The number of nitro groups is 1. The fraction of sp³-hybridized carbons (Fsp3) is 0.300. The predicted molar refractivity (Wildman–Crippen MR) is 103 cm³/mol. The number of nitrogens with zero attached hydrogens (tertiary/aromatic N) is 1. The van der Waals surface area contributed by atoms with E-state index in [4.69, 9.17) is 18.9 Å². The molecule has 144 valence electrons. The van der Waals surface area contributed by atoms with Crippen LogP contribution in [0.4, 0.5) is 5.69 Å². The van der Waals surface area contributed by atoms with Crippen molar-refractivity contribution in [1.82, 2.24) is 0 Å². The van der Waals surface area contributed by atoms with Gasteiger partial charge in [-0.2, -0.15) is 0 Å². The van der Waals surface area contributed by atoms with E-state index in [2.05, 4.69) is 0 Å². The molecule has 0 heterocycles. The summed E-state index contributed by atoms with van der Waals surface area (Å²) < 4.78 is 21.2. The average Bonchev–Trinajstić information content (AvgIpc) is 2.66. The molecule has 0 amide bonds. The van der Waals surface area contributed by atoms with Gasteiger partial charge in [-0.25, -0.2) is 0 Å². The van der Waals surface area contributed by atoms with Crippen LogP contribution in [0.3, 0.4) is 0 Å². The second-order valence-electron chi connectivity index (χ2n) is 5.89. The first-order chi connectivity index (χ1) is 12.9. The number of hydrogen-bond acceptors (Lipinski definition) is 6. The highest BCUT2D eigenvalue weighted by molar-refractivity contribution is 5.63. The highest BCUT2D eigenvalue weighted by Crippen LogP contribution is 2.39. The van der Waals surface area contributed by atoms with Crippen molar-refractivity contribution in [3.63, 3.8) is 0 Å². The monoisotopic (exact) mass is 373 g/mol. The number of rotatable bonds is 8. The molecule has 0 aliphatic carbocycles. The van der Waals surface area contributed by atoms with Crippen LogP contribution in [0.15, 0.2) is 35.9 Å². The van der Waals surface area contributed by atoms with E-state index < -0.39 is 4.92 Å². The van der Waals surface area contributed by atoms with Gasteiger partial charge < -0.3 is 18.9 Å². The van der Waals surface area contributed by atoms with E-state index in [1.807, 2.05) is 25.1 Å². The van der Waals surface area contributed by atoms with Crippen LogP contribution >= 0.6 is 0 Å². The minimum Gasteiger partial charge on any atom is -0.493 e. The van der Waals surface area contributed by atoms with E-state index in [0.717, 1.165) is 16.7 Å². The Bertz CT molecular complexity index is 835. The maximum atomic E-state index is 11.0. The third kappa shape index (κ3) is 4.69. The van der Waals surface area contributed by atoms with Gasteiger partial charge >= 0.3 is 5.69 Å². The van der Waals surface area contributed by atoms with Gasteiger partial charge in [-0.1, -0.05) is 17.7 Å². The first-order valence-electron chi connectivity index (χ1n) is 8.22. The molecule has 0 spiro atoms. The van der Waals surface area contributed by atoms with Crippen molar-refractivity contribution in [2.75, 3.05) is 28.4 Å². The van der Waals surface area contributed by atoms with Crippen LogP contribution in [0.2, 0.25) is 0 Å². The number of methoxy groups -OCH3 is 4. The van der Waals surface area contributed by atoms with Crippen molar-refractivity contribution in [1.29, 1.82) is 0 Å². The molecule has 0 aromatic heterocycles. The normalized spacial score (nSPS) is 11.1. The summed E-state index contributed by atoms with van der Waals surface area (Å²) in [4.78, 5) is 10.6. The Morgan fingerprint density at radius 1 is 0.963 bits per heavy atom. The van der Waals surface area contributed by atoms with Gasteiger partial charge in [0, 0.05) is 6.07 Å². The largest absolute Gasteiger partial charge is 0.493 e. The van der Waals surface area contributed by atoms with E-state index >= 15 is 0 Å². The van der Waals surface area contributed by atoms with Crippen LogP contribution in [0.5, 0.6) is 23.0 Å². The maximum absolute atomic E-state index is 11.0. The predicted octanol–water partition coefficient (Wildman–Crippen LogP) is 4.28. The highest BCUT2D eigenvalue weighted by atomic mass is 16.6. The van der Waals surface area contributed by atoms with Crippen LogP contribution < -0.4 is 18.9 Å². The second-order valence-corrected chi connectivity index (χ2v) is 5.89. The standard InChI is InChI=1S/C20H23NO6/c1-13(8-14-6-7-16(21(22)23)17(10-14)24-2)9-15-11-18(25-3)20(27-5)19(12-15)26-4/h6-7,9-12H,8H2,1-5H3/b13-9+. The molecule has 2 rings (SSSR count). The number of nitro benzene ring substituents is 1. The molecule has 0 saturated heterocycles. The van der Waals surface area contributed by atoms with Gasteiger partial charge in [0.25, 0.3) is 0 Å². The molecule has 27 heavy (non-hydrogen) atoms. The Labute approximate surface area is 158 Å². The quantitative estimate of drug-likeness (QED) is 0.508. The van der Waals surface area contributed by atoms with Crippen LogP contribution in [0, 0.1) is 10.1 Å². The van der Waals surface area contributed by atoms with Crippen LogP contribution in [0.25, 0.3) is 6.08 Å². The molecule has 0 saturated carbocycles. The lowest BCUT2D eigenvalue weighted by Gasteiger charge is -2.13. The highest BCUT2D eigenvalue weighted by Gasteiger charge is 2.15. The summed E-state index contributed by atoms with van der Waals surface area (Å²) in [5, 5.41) is 11.0. The topological polar surface area (TPSA) is 80.1 Å².